The van der Waals surface area contributed by atoms with Crippen molar-refractivity contribution in [3.8, 4) is 22.7 Å². The summed E-state index contributed by atoms with van der Waals surface area (Å²) in [6.07, 6.45) is -2.17. The number of imidazole rings is 1. The number of pyridine rings is 2. The van der Waals surface area contributed by atoms with Gasteiger partial charge in [-0.05, 0) is 47.5 Å². The number of anilines is 1. The number of hydrogen-bond donors (Lipinski definition) is 1. The Morgan fingerprint density at radius 3 is 2.45 bits per heavy atom. The van der Waals surface area contributed by atoms with E-state index < -0.39 is 12.6 Å². The minimum atomic E-state index is -4.40. The Labute approximate surface area is 227 Å². The Morgan fingerprint density at radius 1 is 0.975 bits per heavy atom. The van der Waals surface area contributed by atoms with Gasteiger partial charge in [0.2, 0.25) is 5.88 Å². The van der Waals surface area contributed by atoms with Crippen molar-refractivity contribution in [1.29, 1.82) is 0 Å². The van der Waals surface area contributed by atoms with Crippen molar-refractivity contribution in [1.82, 2.24) is 24.4 Å². The molecule has 0 bridgehead atoms. The molecule has 0 aliphatic carbocycles. The molecule has 0 spiro atoms. The molecule has 2 aromatic carbocycles. The molecule has 206 valence electrons. The van der Waals surface area contributed by atoms with Crippen LogP contribution < -0.4 is 20.6 Å². The summed E-state index contributed by atoms with van der Waals surface area (Å²) in [4.78, 5) is 24.4. The predicted molar refractivity (Wildman–Crippen MR) is 148 cm³/mol. The number of rotatable bonds is 5. The zero-order chi connectivity index (χ0) is 28.0. The summed E-state index contributed by atoms with van der Waals surface area (Å²) in [6.45, 7) is 2.61. The van der Waals surface area contributed by atoms with Crippen molar-refractivity contribution < 1.29 is 17.9 Å². The first-order chi connectivity index (χ1) is 19.2. The highest BCUT2D eigenvalue weighted by molar-refractivity contribution is 6.04. The van der Waals surface area contributed by atoms with E-state index in [1.807, 2.05) is 29.2 Å². The van der Waals surface area contributed by atoms with E-state index >= 15 is 0 Å². The molecule has 0 radical (unpaired) electrons. The average Bonchev–Trinajstić information content (AvgIpc) is 3.22. The van der Waals surface area contributed by atoms with Crippen molar-refractivity contribution >= 4 is 27.6 Å². The normalized spacial score (nSPS) is 14.3. The molecule has 0 atom stereocenters. The summed E-state index contributed by atoms with van der Waals surface area (Å²) in [5, 5.41) is 3.93. The quantitative estimate of drug-likeness (QED) is 0.350. The standard InChI is InChI=1S/C29H27F3N6O2/c1-36-25-17-34-23-6-3-18(19-4-8-26(40-2)35-16-19)14-22(23)27(25)38(28(36)39)21-5-7-24(37-11-9-33-10-12-37)20(13-21)15-29(30,31)32/h3-8,13-14,16-17,33H,9-12,15H2,1-2H3. The minimum Gasteiger partial charge on any atom is -0.481 e. The Hall–Kier alpha value is -4.38. The Bertz CT molecular complexity index is 1770. The van der Waals surface area contributed by atoms with Gasteiger partial charge in [-0.15, -0.1) is 0 Å². The SMILES string of the molecule is COc1ccc(-c2ccc3ncc4c(c3c2)n(-c2ccc(N3CCNCC3)c(CC(F)(F)F)c2)c(=O)n4C)cn1. The number of alkyl halides is 3. The van der Waals surface area contributed by atoms with E-state index in [0.717, 1.165) is 11.1 Å². The second kappa shape index (κ2) is 9.98. The third-order valence-electron chi connectivity index (χ3n) is 7.33. The van der Waals surface area contributed by atoms with Crippen LogP contribution in [0.1, 0.15) is 5.56 Å². The average molecular weight is 549 g/mol. The van der Waals surface area contributed by atoms with Crippen molar-refractivity contribution in [2.45, 2.75) is 12.6 Å². The number of ether oxygens (including phenoxy) is 1. The van der Waals surface area contributed by atoms with Gasteiger partial charge in [0.25, 0.3) is 0 Å². The number of fused-ring (bicyclic) bond motifs is 3. The number of aryl methyl sites for hydroxylation is 1. The van der Waals surface area contributed by atoms with Crippen LogP contribution in [0.25, 0.3) is 38.8 Å². The highest BCUT2D eigenvalue weighted by Crippen LogP contribution is 2.33. The lowest BCUT2D eigenvalue weighted by molar-refractivity contribution is -0.127. The number of nitrogens with zero attached hydrogens (tertiary/aromatic N) is 5. The third kappa shape index (κ3) is 4.66. The van der Waals surface area contributed by atoms with Crippen molar-refractivity contribution in [2.75, 3.05) is 38.2 Å². The van der Waals surface area contributed by atoms with Gasteiger partial charge in [0.05, 0.1) is 42.0 Å². The first kappa shape index (κ1) is 25.9. The third-order valence-corrected chi connectivity index (χ3v) is 7.33. The first-order valence-corrected chi connectivity index (χ1v) is 12.9. The van der Waals surface area contributed by atoms with E-state index in [1.165, 1.54) is 15.2 Å². The number of nitrogens with one attached hydrogen (secondary N) is 1. The zero-order valence-electron chi connectivity index (χ0n) is 22.0. The van der Waals surface area contributed by atoms with Crippen LogP contribution in [0, 0.1) is 0 Å². The second-order valence-electron chi connectivity index (χ2n) is 9.83. The monoisotopic (exact) mass is 548 g/mol. The maximum atomic E-state index is 13.7. The minimum absolute atomic E-state index is 0.138. The van der Waals surface area contributed by atoms with E-state index in [2.05, 4.69) is 15.3 Å². The maximum Gasteiger partial charge on any atom is 0.393 e. The first-order valence-electron chi connectivity index (χ1n) is 12.9. The Morgan fingerprint density at radius 2 is 1.75 bits per heavy atom. The van der Waals surface area contributed by atoms with Gasteiger partial charge in [-0.25, -0.2) is 9.78 Å². The molecule has 1 N–H and O–H groups in total. The van der Waals surface area contributed by atoms with Gasteiger partial charge in [-0.2, -0.15) is 13.2 Å². The second-order valence-corrected chi connectivity index (χ2v) is 9.83. The predicted octanol–water partition coefficient (Wildman–Crippen LogP) is 4.46. The summed E-state index contributed by atoms with van der Waals surface area (Å²) < 4.78 is 49.2. The van der Waals surface area contributed by atoms with E-state index in [4.69, 9.17) is 4.74 Å². The van der Waals surface area contributed by atoms with E-state index in [9.17, 15) is 18.0 Å². The fourth-order valence-corrected chi connectivity index (χ4v) is 5.37. The summed E-state index contributed by atoms with van der Waals surface area (Å²) in [5.74, 6) is 0.490. The van der Waals surface area contributed by atoms with Crippen LogP contribution in [-0.4, -0.2) is 58.6 Å². The van der Waals surface area contributed by atoms with E-state index in [1.54, 1.807) is 44.8 Å². The van der Waals surface area contributed by atoms with Crippen molar-refractivity contribution in [3.63, 3.8) is 0 Å². The molecule has 6 rings (SSSR count). The van der Waals surface area contributed by atoms with Gasteiger partial charge in [-0.3, -0.25) is 14.1 Å². The van der Waals surface area contributed by atoms with Crippen LogP contribution in [-0.2, 0) is 13.5 Å². The van der Waals surface area contributed by atoms with Crippen LogP contribution >= 0.6 is 0 Å². The molecule has 40 heavy (non-hydrogen) atoms. The van der Waals surface area contributed by atoms with Crippen LogP contribution in [0.3, 0.4) is 0 Å². The highest BCUT2D eigenvalue weighted by atomic mass is 19.4. The molecule has 1 saturated heterocycles. The lowest BCUT2D eigenvalue weighted by Crippen LogP contribution is -2.44. The summed E-state index contributed by atoms with van der Waals surface area (Å²) >= 11 is 0. The molecule has 3 aromatic heterocycles. The van der Waals surface area contributed by atoms with Gasteiger partial charge in [0.15, 0.2) is 0 Å². The van der Waals surface area contributed by atoms with E-state index in [-0.39, 0.29) is 11.3 Å². The van der Waals surface area contributed by atoms with Crippen LogP contribution in [0.15, 0.2) is 65.7 Å². The Kier molecular flexibility index (Phi) is 6.46. The smallest absolute Gasteiger partial charge is 0.393 e. The summed E-state index contributed by atoms with van der Waals surface area (Å²) in [7, 11) is 3.18. The van der Waals surface area contributed by atoms with Crippen LogP contribution in [0.4, 0.5) is 18.9 Å². The van der Waals surface area contributed by atoms with Crippen LogP contribution in [0.2, 0.25) is 0 Å². The molecule has 0 saturated carbocycles. The van der Waals surface area contributed by atoms with Crippen molar-refractivity contribution in [3.05, 3.63) is 77.0 Å². The number of halogens is 3. The maximum absolute atomic E-state index is 13.7. The number of piperazine rings is 1. The number of aromatic nitrogens is 4. The molecule has 1 aliphatic heterocycles. The van der Waals surface area contributed by atoms with Gasteiger partial charge in [0.1, 0.15) is 0 Å². The van der Waals surface area contributed by atoms with Gasteiger partial charge >= 0.3 is 11.9 Å². The largest absolute Gasteiger partial charge is 0.481 e. The molecule has 8 nitrogen and oxygen atoms in total. The fourth-order valence-electron chi connectivity index (χ4n) is 5.37. The number of hydrogen-bond acceptors (Lipinski definition) is 6. The molecule has 1 aliphatic rings. The van der Waals surface area contributed by atoms with Gasteiger partial charge in [0, 0.05) is 62.1 Å². The topological polar surface area (TPSA) is 77.2 Å². The van der Waals surface area contributed by atoms with Gasteiger partial charge < -0.3 is 15.0 Å². The molecule has 0 unspecified atom stereocenters. The molecule has 5 aromatic rings. The Balaban J connectivity index is 1.56. The van der Waals surface area contributed by atoms with E-state index in [0.29, 0.717) is 65.4 Å². The number of methoxy groups -OCH3 is 1. The highest BCUT2D eigenvalue weighted by Gasteiger charge is 2.31. The lowest BCUT2D eigenvalue weighted by Gasteiger charge is -2.31. The zero-order valence-corrected chi connectivity index (χ0v) is 22.0. The summed E-state index contributed by atoms with van der Waals surface area (Å²) in [6, 6.07) is 14.3. The van der Waals surface area contributed by atoms with Crippen molar-refractivity contribution in [2.24, 2.45) is 7.05 Å². The number of benzene rings is 2. The molecule has 11 heteroatoms. The van der Waals surface area contributed by atoms with Gasteiger partial charge in [-0.1, -0.05) is 6.07 Å². The fraction of sp³-hybridized carbons (Fsp3) is 0.276. The molecule has 4 heterocycles. The molecular formula is C29H27F3N6O2. The van der Waals surface area contributed by atoms with Crippen LogP contribution in [0.5, 0.6) is 5.88 Å². The molecule has 0 amide bonds. The lowest BCUT2D eigenvalue weighted by atomic mass is 10.0. The summed E-state index contributed by atoms with van der Waals surface area (Å²) in [5.41, 5.74) is 4.19. The molecule has 1 fully saturated rings. The molecular weight excluding hydrogens is 521 g/mol.